The van der Waals surface area contributed by atoms with Crippen LogP contribution in [-0.2, 0) is 22.7 Å². The zero-order valence-electron chi connectivity index (χ0n) is 9.30. The minimum absolute atomic E-state index is 0.0353. The average Bonchev–Trinajstić information content (AvgIpc) is 3.10. The summed E-state index contributed by atoms with van der Waals surface area (Å²) in [4.78, 5) is 29.1. The number of likely N-dealkylation sites (tertiary alicyclic amines) is 1. The quantitative estimate of drug-likeness (QED) is 0.745. The molecule has 2 N–H and O–H groups in total. The number of hydrogen-bond donors (Lipinski definition) is 1. The molecule has 88 valence electrons. The Labute approximate surface area is 98.6 Å². The molecular formula is C12H13N3O2. The monoisotopic (exact) mass is 231 g/mol. The summed E-state index contributed by atoms with van der Waals surface area (Å²) in [7, 11) is 0. The van der Waals surface area contributed by atoms with Crippen LogP contribution in [-0.4, -0.2) is 21.7 Å². The smallest absolute Gasteiger partial charge is 0.233 e. The maximum absolute atomic E-state index is 11.8. The minimum Gasteiger partial charge on any atom is -0.325 e. The van der Waals surface area contributed by atoms with Crippen LogP contribution in [0.5, 0.6) is 0 Å². The molecule has 0 spiro atoms. The third kappa shape index (κ3) is 1.54. The molecule has 1 saturated carbocycles. The number of piperidine rings is 1. The van der Waals surface area contributed by atoms with E-state index in [-0.39, 0.29) is 23.7 Å². The van der Waals surface area contributed by atoms with Gasteiger partial charge in [-0.25, -0.2) is 0 Å². The van der Waals surface area contributed by atoms with Gasteiger partial charge in [0.1, 0.15) is 0 Å². The van der Waals surface area contributed by atoms with Crippen LogP contribution in [0.25, 0.3) is 0 Å². The lowest BCUT2D eigenvalue weighted by molar-refractivity contribution is -0.142. The molecule has 2 atom stereocenters. The number of nitrogens with zero attached hydrogens (tertiary/aromatic N) is 2. The van der Waals surface area contributed by atoms with Crippen molar-refractivity contribution in [2.24, 2.45) is 17.6 Å². The lowest BCUT2D eigenvalue weighted by Gasteiger charge is -2.17. The van der Waals surface area contributed by atoms with Gasteiger partial charge in [-0.15, -0.1) is 0 Å². The molecule has 1 aromatic heterocycles. The molecule has 17 heavy (non-hydrogen) atoms. The van der Waals surface area contributed by atoms with Crippen molar-refractivity contribution >= 4 is 11.8 Å². The van der Waals surface area contributed by atoms with Crippen molar-refractivity contribution in [3.63, 3.8) is 0 Å². The van der Waals surface area contributed by atoms with Crippen molar-refractivity contribution in [3.05, 3.63) is 29.6 Å². The van der Waals surface area contributed by atoms with Crippen LogP contribution in [0.2, 0.25) is 0 Å². The van der Waals surface area contributed by atoms with E-state index in [2.05, 4.69) is 4.98 Å². The molecule has 2 amide bonds. The second kappa shape index (κ2) is 3.63. The van der Waals surface area contributed by atoms with Gasteiger partial charge in [0.25, 0.3) is 0 Å². The molecule has 2 fully saturated rings. The Morgan fingerprint density at radius 2 is 2.06 bits per heavy atom. The fraction of sp³-hybridized carbons (Fsp3) is 0.417. The Kier molecular flexibility index (Phi) is 2.22. The molecule has 0 bridgehead atoms. The van der Waals surface area contributed by atoms with Crippen LogP contribution in [0.4, 0.5) is 0 Å². The normalized spacial score (nSPS) is 26.3. The predicted octanol–water partition coefficient (Wildman–Crippen LogP) is 0.0452. The van der Waals surface area contributed by atoms with Gasteiger partial charge < -0.3 is 5.73 Å². The first-order valence-corrected chi connectivity index (χ1v) is 5.70. The first kappa shape index (κ1) is 10.4. The van der Waals surface area contributed by atoms with Crippen molar-refractivity contribution in [2.45, 2.75) is 19.5 Å². The van der Waals surface area contributed by atoms with E-state index in [1.165, 1.54) is 4.90 Å². The molecule has 0 radical (unpaired) electrons. The van der Waals surface area contributed by atoms with Gasteiger partial charge in [0.15, 0.2) is 0 Å². The van der Waals surface area contributed by atoms with Crippen LogP contribution >= 0.6 is 0 Å². The van der Waals surface area contributed by atoms with Gasteiger partial charge in [-0.05, 0) is 18.1 Å². The van der Waals surface area contributed by atoms with Crippen molar-refractivity contribution < 1.29 is 9.59 Å². The highest BCUT2D eigenvalue weighted by molar-refractivity contribution is 6.08. The van der Waals surface area contributed by atoms with Crippen molar-refractivity contribution in [1.82, 2.24) is 9.88 Å². The summed E-state index contributed by atoms with van der Waals surface area (Å²) in [6.45, 7) is 0.629. The van der Waals surface area contributed by atoms with Gasteiger partial charge in [-0.1, -0.05) is 6.07 Å². The van der Waals surface area contributed by atoms with Gasteiger partial charge >= 0.3 is 0 Å². The number of fused-ring (bicyclic) bond motifs is 1. The number of carbonyl (C=O) groups excluding carboxylic acids is 2. The molecule has 2 unspecified atom stereocenters. The Morgan fingerprint density at radius 1 is 1.35 bits per heavy atom. The number of pyridine rings is 1. The molecule has 5 nitrogen and oxygen atoms in total. The van der Waals surface area contributed by atoms with E-state index in [0.717, 1.165) is 17.7 Å². The van der Waals surface area contributed by atoms with Crippen molar-refractivity contribution in [2.75, 3.05) is 0 Å². The van der Waals surface area contributed by atoms with E-state index in [1.807, 2.05) is 6.07 Å². The molecule has 1 aliphatic carbocycles. The SMILES string of the molecule is NCc1ncccc1CN1C(=O)C2CC2C1=O. The summed E-state index contributed by atoms with van der Waals surface area (Å²) in [6.07, 6.45) is 2.40. The third-order valence-electron chi connectivity index (χ3n) is 3.46. The molecule has 5 heteroatoms. The van der Waals surface area contributed by atoms with Crippen molar-refractivity contribution in [3.8, 4) is 0 Å². The van der Waals surface area contributed by atoms with E-state index in [9.17, 15) is 9.59 Å². The first-order valence-electron chi connectivity index (χ1n) is 5.70. The molecule has 1 aromatic rings. The number of nitrogens with two attached hydrogens (primary N) is 1. The van der Waals surface area contributed by atoms with Crippen LogP contribution in [0.3, 0.4) is 0 Å². The van der Waals surface area contributed by atoms with Crippen LogP contribution in [0, 0.1) is 11.8 Å². The topological polar surface area (TPSA) is 76.3 Å². The second-order valence-electron chi connectivity index (χ2n) is 4.52. The van der Waals surface area contributed by atoms with Gasteiger partial charge in [-0.2, -0.15) is 0 Å². The van der Waals surface area contributed by atoms with E-state index >= 15 is 0 Å². The first-order chi connectivity index (χ1) is 8.22. The Hall–Kier alpha value is -1.75. The fourth-order valence-electron chi connectivity index (χ4n) is 2.38. The highest BCUT2D eigenvalue weighted by Crippen LogP contribution is 2.47. The van der Waals surface area contributed by atoms with Crippen LogP contribution in [0.1, 0.15) is 17.7 Å². The lowest BCUT2D eigenvalue weighted by atomic mass is 10.1. The molecule has 0 aromatic carbocycles. The summed E-state index contributed by atoms with van der Waals surface area (Å²) in [5.41, 5.74) is 7.18. The van der Waals surface area contributed by atoms with Crippen LogP contribution in [0.15, 0.2) is 18.3 Å². The van der Waals surface area contributed by atoms with Gasteiger partial charge in [0.05, 0.1) is 24.1 Å². The summed E-state index contributed by atoms with van der Waals surface area (Å²) < 4.78 is 0. The number of rotatable bonds is 3. The van der Waals surface area contributed by atoms with Gasteiger partial charge in [-0.3, -0.25) is 19.5 Å². The molecule has 2 aliphatic rings. The zero-order valence-corrected chi connectivity index (χ0v) is 9.30. The van der Waals surface area contributed by atoms with Crippen LogP contribution < -0.4 is 5.73 Å². The number of hydrogen-bond acceptors (Lipinski definition) is 4. The number of imide groups is 1. The van der Waals surface area contributed by atoms with Gasteiger partial charge in [0, 0.05) is 12.7 Å². The third-order valence-corrected chi connectivity index (χ3v) is 3.46. The zero-order chi connectivity index (χ0) is 12.0. The molecular weight excluding hydrogens is 218 g/mol. The summed E-state index contributed by atoms with van der Waals surface area (Å²) >= 11 is 0. The van der Waals surface area contributed by atoms with E-state index < -0.39 is 0 Å². The minimum atomic E-state index is -0.0412. The second-order valence-corrected chi connectivity index (χ2v) is 4.52. The summed E-state index contributed by atoms with van der Waals surface area (Å²) in [6, 6.07) is 3.65. The Morgan fingerprint density at radius 3 is 2.71 bits per heavy atom. The number of aromatic nitrogens is 1. The standard InChI is InChI=1S/C12H13N3O2/c13-5-10-7(2-1-3-14-10)6-15-11(16)8-4-9(8)12(15)17/h1-3,8-9H,4-6,13H2. The fourth-order valence-corrected chi connectivity index (χ4v) is 2.38. The number of carbonyl (C=O) groups is 2. The predicted molar refractivity (Wildman–Crippen MR) is 59.3 cm³/mol. The highest BCUT2D eigenvalue weighted by atomic mass is 16.2. The Bertz CT molecular complexity index is 480. The number of amides is 2. The summed E-state index contributed by atoms with van der Waals surface area (Å²) in [5.74, 6) is -0.153. The van der Waals surface area contributed by atoms with Gasteiger partial charge in [0.2, 0.25) is 11.8 Å². The largest absolute Gasteiger partial charge is 0.325 e. The van der Waals surface area contributed by atoms with E-state index in [0.29, 0.717) is 13.1 Å². The van der Waals surface area contributed by atoms with E-state index in [4.69, 9.17) is 5.73 Å². The highest BCUT2D eigenvalue weighted by Gasteiger charge is 2.58. The molecule has 1 saturated heterocycles. The molecule has 1 aliphatic heterocycles. The maximum Gasteiger partial charge on any atom is 0.233 e. The van der Waals surface area contributed by atoms with Crippen molar-refractivity contribution in [1.29, 1.82) is 0 Å². The Balaban J connectivity index is 1.83. The lowest BCUT2D eigenvalue weighted by Crippen LogP contribution is -2.32. The summed E-state index contributed by atoms with van der Waals surface area (Å²) in [5, 5.41) is 0. The molecule has 3 rings (SSSR count). The van der Waals surface area contributed by atoms with E-state index in [1.54, 1.807) is 12.3 Å². The average molecular weight is 231 g/mol. The maximum atomic E-state index is 11.8. The molecule has 2 heterocycles.